The van der Waals surface area contributed by atoms with E-state index in [4.69, 9.17) is 10.5 Å². The third kappa shape index (κ3) is 5.59. The number of carbonyl (C=O) groups is 2. The molecule has 3 aromatic rings. The van der Waals surface area contributed by atoms with Crippen molar-refractivity contribution in [3.63, 3.8) is 0 Å². The average molecular weight is 640 g/mol. The molecule has 6 rings (SSSR count). The largest absolute Gasteiger partial charge is 0.490 e. The minimum absolute atomic E-state index is 0.0514. The van der Waals surface area contributed by atoms with Gasteiger partial charge in [-0.15, -0.1) is 0 Å². The molecule has 2 aromatic carbocycles. The number of piperidine rings is 1. The summed E-state index contributed by atoms with van der Waals surface area (Å²) in [6, 6.07) is 12.9. The molecule has 0 spiro atoms. The third-order valence-electron chi connectivity index (χ3n) is 7.84. The predicted octanol–water partition coefficient (Wildman–Crippen LogP) is 5.20. The maximum Gasteiger partial charge on any atom is 0.251 e. The molecular weight excluding hydrogens is 610 g/mol. The Kier molecular flexibility index (Phi) is 7.18. The number of nitrogens with one attached hydrogen (secondary N) is 1. The van der Waals surface area contributed by atoms with Crippen LogP contribution in [0.1, 0.15) is 48.0 Å². The van der Waals surface area contributed by atoms with Gasteiger partial charge in [0.15, 0.2) is 0 Å². The number of pyridine rings is 1. The number of hydrogen-bond donors (Lipinski definition) is 2. The van der Waals surface area contributed by atoms with E-state index in [1.165, 1.54) is 12.8 Å². The van der Waals surface area contributed by atoms with Crippen molar-refractivity contribution in [1.82, 2.24) is 15.2 Å². The fourth-order valence-electron chi connectivity index (χ4n) is 5.40. The first-order valence-corrected chi connectivity index (χ1v) is 14.6. The van der Waals surface area contributed by atoms with Crippen LogP contribution in [0.15, 0.2) is 42.5 Å². The van der Waals surface area contributed by atoms with E-state index in [1.807, 2.05) is 41.3 Å². The molecule has 1 saturated carbocycles. The smallest absolute Gasteiger partial charge is 0.251 e. The Labute approximate surface area is 240 Å². The van der Waals surface area contributed by atoms with Gasteiger partial charge in [-0.3, -0.25) is 9.59 Å². The number of nitrogen functional groups attached to an aromatic ring is 1. The number of halogens is 2. The summed E-state index contributed by atoms with van der Waals surface area (Å²) in [5, 5.41) is 2.86. The molecule has 0 atom stereocenters. The molecule has 1 aliphatic carbocycles. The highest BCUT2D eigenvalue weighted by Crippen LogP contribution is 2.37. The maximum atomic E-state index is 15.0. The number of ether oxygens (including phenoxy) is 1. The number of nitrogens with two attached hydrogens (primary N) is 1. The Morgan fingerprint density at radius 2 is 1.79 bits per heavy atom. The molecule has 9 heteroatoms. The van der Waals surface area contributed by atoms with Crippen LogP contribution in [0.2, 0.25) is 0 Å². The van der Waals surface area contributed by atoms with E-state index in [-0.39, 0.29) is 23.7 Å². The van der Waals surface area contributed by atoms with Gasteiger partial charge >= 0.3 is 0 Å². The van der Waals surface area contributed by atoms with Crippen LogP contribution < -0.4 is 15.8 Å². The lowest BCUT2D eigenvalue weighted by Crippen LogP contribution is -2.41. The van der Waals surface area contributed by atoms with Gasteiger partial charge in [-0.1, -0.05) is 12.1 Å². The second-order valence-corrected chi connectivity index (χ2v) is 11.8. The lowest BCUT2D eigenvalue weighted by atomic mass is 9.94. The summed E-state index contributed by atoms with van der Waals surface area (Å²) < 4.78 is 22.0. The van der Waals surface area contributed by atoms with Gasteiger partial charge in [-0.2, -0.15) is 4.39 Å². The van der Waals surface area contributed by atoms with Crippen molar-refractivity contribution in [3.05, 3.63) is 63.1 Å². The molecule has 0 bridgehead atoms. The van der Waals surface area contributed by atoms with Gasteiger partial charge in [-0.05, 0) is 94.8 Å². The van der Waals surface area contributed by atoms with E-state index in [0.717, 1.165) is 47.0 Å². The standard InChI is InChI=1S/C30H30FIN4O3/c31-28-22(15-25(29(33)35-28)24-14-19-7-10-34-30(38)23(19)16-26(24)32)18-3-5-20(6-4-18)39-21-8-11-36(12-9-21)27(37)13-17-1-2-17/h3-6,14-17,21H,1-2,7-13H2,(H2,33,35)(H,34,38). The molecule has 3 N–H and O–H groups in total. The molecule has 39 heavy (non-hydrogen) atoms. The van der Waals surface area contributed by atoms with Gasteiger partial charge in [0.25, 0.3) is 5.91 Å². The maximum absolute atomic E-state index is 15.0. The zero-order valence-electron chi connectivity index (χ0n) is 21.5. The molecule has 0 unspecified atom stereocenters. The second kappa shape index (κ2) is 10.7. The fourth-order valence-corrected chi connectivity index (χ4v) is 6.16. The second-order valence-electron chi connectivity index (χ2n) is 10.6. The van der Waals surface area contributed by atoms with Crippen molar-refractivity contribution < 1.29 is 18.7 Å². The number of carbonyl (C=O) groups excluding carboxylic acids is 2. The summed E-state index contributed by atoms with van der Waals surface area (Å²) in [4.78, 5) is 30.6. The van der Waals surface area contributed by atoms with Crippen LogP contribution >= 0.6 is 22.6 Å². The van der Waals surface area contributed by atoms with E-state index >= 15 is 4.39 Å². The summed E-state index contributed by atoms with van der Waals surface area (Å²) in [7, 11) is 0. The molecule has 7 nitrogen and oxygen atoms in total. The minimum Gasteiger partial charge on any atom is -0.490 e. The van der Waals surface area contributed by atoms with Crippen LogP contribution in [0.4, 0.5) is 10.2 Å². The normalized spacial score (nSPS) is 17.5. The SMILES string of the molecule is Nc1nc(F)c(-c2ccc(OC3CCN(C(=O)CC4CC4)CC3)cc2)cc1-c1cc2c(cc1I)C(=O)NCC2. The molecule has 3 heterocycles. The highest BCUT2D eigenvalue weighted by atomic mass is 127. The highest BCUT2D eigenvalue weighted by Gasteiger charge is 2.29. The molecule has 2 fully saturated rings. The fraction of sp³-hybridized carbons (Fsp3) is 0.367. The summed E-state index contributed by atoms with van der Waals surface area (Å²) in [6.07, 6.45) is 5.45. The van der Waals surface area contributed by atoms with Crippen molar-refractivity contribution in [2.75, 3.05) is 25.4 Å². The Balaban J connectivity index is 1.17. The molecule has 0 radical (unpaired) electrons. The van der Waals surface area contributed by atoms with Crippen molar-refractivity contribution in [2.24, 2.45) is 5.92 Å². The van der Waals surface area contributed by atoms with E-state index in [1.54, 1.807) is 6.07 Å². The average Bonchev–Trinajstić information content (AvgIpc) is 3.74. The Bertz CT molecular complexity index is 1430. The number of amides is 2. The van der Waals surface area contributed by atoms with Gasteiger partial charge in [0.1, 0.15) is 17.7 Å². The zero-order valence-corrected chi connectivity index (χ0v) is 23.7. The Morgan fingerprint density at radius 1 is 1.05 bits per heavy atom. The Morgan fingerprint density at radius 3 is 2.51 bits per heavy atom. The number of fused-ring (bicyclic) bond motifs is 1. The first-order valence-electron chi connectivity index (χ1n) is 13.5. The Hall–Kier alpha value is -3.21. The van der Waals surface area contributed by atoms with Crippen LogP contribution in [0, 0.1) is 15.4 Å². The molecule has 3 aliphatic rings. The zero-order chi connectivity index (χ0) is 27.1. The number of likely N-dealkylation sites (tertiary alicyclic amines) is 1. The molecule has 1 aromatic heterocycles. The number of hydrogen-bond acceptors (Lipinski definition) is 5. The number of benzene rings is 2. The summed E-state index contributed by atoms with van der Waals surface area (Å²) >= 11 is 2.18. The number of anilines is 1. The number of rotatable bonds is 6. The van der Waals surface area contributed by atoms with Crippen LogP contribution in [-0.4, -0.2) is 47.4 Å². The van der Waals surface area contributed by atoms with Gasteiger partial charge in [0, 0.05) is 59.2 Å². The van der Waals surface area contributed by atoms with Crippen molar-refractivity contribution in [3.8, 4) is 28.0 Å². The van der Waals surface area contributed by atoms with Gasteiger partial charge in [0.05, 0.1) is 0 Å². The first-order chi connectivity index (χ1) is 18.9. The molecule has 2 aliphatic heterocycles. The van der Waals surface area contributed by atoms with Crippen LogP contribution in [-0.2, 0) is 11.2 Å². The van der Waals surface area contributed by atoms with Crippen LogP contribution in [0.5, 0.6) is 5.75 Å². The third-order valence-corrected chi connectivity index (χ3v) is 8.73. The van der Waals surface area contributed by atoms with E-state index < -0.39 is 5.95 Å². The summed E-state index contributed by atoms with van der Waals surface area (Å²) in [6.45, 7) is 2.04. The number of nitrogens with zero attached hydrogens (tertiary/aromatic N) is 2. The van der Waals surface area contributed by atoms with Crippen molar-refractivity contribution >= 4 is 40.2 Å². The predicted molar refractivity (Wildman–Crippen MR) is 156 cm³/mol. The van der Waals surface area contributed by atoms with Gasteiger partial charge in [0.2, 0.25) is 11.9 Å². The number of aromatic nitrogens is 1. The molecule has 2 amide bonds. The monoisotopic (exact) mass is 640 g/mol. The van der Waals surface area contributed by atoms with E-state index in [9.17, 15) is 9.59 Å². The van der Waals surface area contributed by atoms with Crippen molar-refractivity contribution in [2.45, 2.75) is 44.6 Å². The summed E-state index contributed by atoms with van der Waals surface area (Å²) in [5.74, 6) is 0.979. The van der Waals surface area contributed by atoms with E-state index in [2.05, 4.69) is 32.9 Å². The van der Waals surface area contributed by atoms with Gasteiger partial charge < -0.3 is 20.7 Å². The van der Waals surface area contributed by atoms with E-state index in [0.29, 0.717) is 46.9 Å². The lowest BCUT2D eigenvalue weighted by Gasteiger charge is -2.32. The molecular formula is C30H30FIN4O3. The summed E-state index contributed by atoms with van der Waals surface area (Å²) in [5.41, 5.74) is 10.3. The quantitative estimate of drug-likeness (QED) is 0.286. The van der Waals surface area contributed by atoms with Crippen molar-refractivity contribution in [1.29, 1.82) is 0 Å². The van der Waals surface area contributed by atoms with Crippen LogP contribution in [0.25, 0.3) is 22.3 Å². The highest BCUT2D eigenvalue weighted by molar-refractivity contribution is 14.1. The minimum atomic E-state index is -0.638. The molecule has 202 valence electrons. The lowest BCUT2D eigenvalue weighted by molar-refractivity contribution is -0.133. The topological polar surface area (TPSA) is 97.6 Å². The molecule has 1 saturated heterocycles. The van der Waals surface area contributed by atoms with Crippen LogP contribution in [0.3, 0.4) is 0 Å². The first kappa shape index (κ1) is 26.0. The van der Waals surface area contributed by atoms with Gasteiger partial charge in [-0.25, -0.2) is 4.98 Å².